The van der Waals surface area contributed by atoms with Gasteiger partial charge >= 0.3 is 5.97 Å². The van der Waals surface area contributed by atoms with E-state index in [4.69, 9.17) is 10.8 Å². The van der Waals surface area contributed by atoms with Gasteiger partial charge in [-0.25, -0.2) is 0 Å². The molecule has 0 heterocycles. The van der Waals surface area contributed by atoms with Crippen molar-refractivity contribution in [1.29, 1.82) is 0 Å². The molecule has 0 spiro atoms. The predicted molar refractivity (Wildman–Crippen MR) is 51.4 cm³/mol. The molecule has 0 aromatic heterocycles. The van der Waals surface area contributed by atoms with Gasteiger partial charge < -0.3 is 10.8 Å². The van der Waals surface area contributed by atoms with Crippen molar-refractivity contribution >= 4 is 5.97 Å². The molecule has 0 saturated heterocycles. The molecule has 1 aliphatic rings. The number of aliphatic carboxylic acids is 1. The molecule has 3 nitrogen and oxygen atoms in total. The van der Waals surface area contributed by atoms with Crippen LogP contribution in [0.3, 0.4) is 0 Å². The second-order valence-electron chi connectivity index (χ2n) is 5.25. The van der Waals surface area contributed by atoms with Gasteiger partial charge in [-0.2, -0.15) is 0 Å². The van der Waals surface area contributed by atoms with E-state index in [0.717, 1.165) is 12.8 Å². The molecular formula is C10H19NO2. The zero-order chi connectivity index (χ0) is 10.3. The van der Waals surface area contributed by atoms with Crippen LogP contribution in [0, 0.1) is 11.3 Å². The van der Waals surface area contributed by atoms with Crippen LogP contribution in [0.4, 0.5) is 0 Å². The van der Waals surface area contributed by atoms with Crippen LogP contribution in [0.5, 0.6) is 0 Å². The van der Waals surface area contributed by atoms with Crippen molar-refractivity contribution in [2.24, 2.45) is 17.1 Å². The van der Waals surface area contributed by atoms with E-state index in [1.165, 1.54) is 0 Å². The Morgan fingerprint density at radius 1 is 1.62 bits per heavy atom. The van der Waals surface area contributed by atoms with Crippen LogP contribution in [0.1, 0.15) is 40.0 Å². The van der Waals surface area contributed by atoms with Crippen LogP contribution in [-0.2, 0) is 4.79 Å². The molecule has 0 amide bonds. The van der Waals surface area contributed by atoms with Crippen LogP contribution in [-0.4, -0.2) is 16.6 Å². The first-order valence-corrected chi connectivity index (χ1v) is 4.76. The first kappa shape index (κ1) is 10.5. The molecule has 1 rings (SSSR count). The first-order chi connectivity index (χ1) is 5.75. The van der Waals surface area contributed by atoms with E-state index < -0.39 is 11.5 Å². The Morgan fingerprint density at radius 3 is 2.46 bits per heavy atom. The highest BCUT2D eigenvalue weighted by Gasteiger charge is 2.46. The van der Waals surface area contributed by atoms with Crippen LogP contribution in [0.2, 0.25) is 0 Å². The summed E-state index contributed by atoms with van der Waals surface area (Å²) in [6, 6.07) is 0. The first-order valence-electron chi connectivity index (χ1n) is 4.76. The van der Waals surface area contributed by atoms with Gasteiger partial charge in [0, 0.05) is 5.54 Å². The molecule has 3 N–H and O–H groups in total. The average molecular weight is 185 g/mol. The number of carboxylic acids is 1. The summed E-state index contributed by atoms with van der Waals surface area (Å²) in [4.78, 5) is 10.6. The van der Waals surface area contributed by atoms with E-state index in [2.05, 4.69) is 20.8 Å². The number of hydrogen-bond donors (Lipinski definition) is 2. The lowest BCUT2D eigenvalue weighted by atomic mass is 9.85. The Kier molecular flexibility index (Phi) is 2.41. The van der Waals surface area contributed by atoms with Crippen LogP contribution >= 0.6 is 0 Å². The molecule has 13 heavy (non-hydrogen) atoms. The molecule has 0 aromatic rings. The Balaban J connectivity index is 2.75. The molecule has 0 aromatic carbocycles. The Labute approximate surface area is 79.3 Å². The molecule has 76 valence electrons. The van der Waals surface area contributed by atoms with Crippen LogP contribution in [0.15, 0.2) is 0 Å². The molecule has 2 atom stereocenters. The highest BCUT2D eigenvalue weighted by molar-refractivity contribution is 5.68. The summed E-state index contributed by atoms with van der Waals surface area (Å²) in [5, 5.41) is 8.75. The lowest BCUT2D eigenvalue weighted by Gasteiger charge is -2.27. The number of carbonyl (C=O) groups is 1. The monoisotopic (exact) mass is 185 g/mol. The van der Waals surface area contributed by atoms with Gasteiger partial charge in [0.05, 0.1) is 6.42 Å². The Hall–Kier alpha value is -0.570. The van der Waals surface area contributed by atoms with Crippen molar-refractivity contribution in [1.82, 2.24) is 0 Å². The van der Waals surface area contributed by atoms with Crippen molar-refractivity contribution in [3.8, 4) is 0 Å². The third-order valence-corrected chi connectivity index (χ3v) is 3.13. The van der Waals surface area contributed by atoms with E-state index in [0.29, 0.717) is 5.92 Å². The Bertz CT molecular complexity index is 225. The normalized spacial score (nSPS) is 37.7. The number of hydrogen-bond acceptors (Lipinski definition) is 2. The lowest BCUT2D eigenvalue weighted by molar-refractivity contribution is -0.138. The van der Waals surface area contributed by atoms with E-state index in [-0.39, 0.29) is 11.8 Å². The fourth-order valence-corrected chi connectivity index (χ4v) is 2.69. The lowest BCUT2D eigenvalue weighted by Crippen LogP contribution is -2.44. The number of carboxylic acid groups (broad SMARTS) is 1. The van der Waals surface area contributed by atoms with Gasteiger partial charge in [-0.05, 0) is 24.2 Å². The van der Waals surface area contributed by atoms with Gasteiger partial charge in [0.2, 0.25) is 0 Å². The zero-order valence-electron chi connectivity index (χ0n) is 8.63. The third-order valence-electron chi connectivity index (χ3n) is 3.13. The zero-order valence-corrected chi connectivity index (χ0v) is 8.63. The average Bonchev–Trinajstić information content (AvgIpc) is 1.98. The molecule has 0 radical (unpaired) electrons. The molecule has 0 bridgehead atoms. The van der Waals surface area contributed by atoms with E-state index in [1.54, 1.807) is 0 Å². The summed E-state index contributed by atoms with van der Waals surface area (Å²) < 4.78 is 0. The fraction of sp³-hybridized carbons (Fsp3) is 0.900. The Morgan fingerprint density at radius 2 is 2.15 bits per heavy atom. The minimum atomic E-state index is -0.785. The quantitative estimate of drug-likeness (QED) is 0.687. The standard InChI is InChI=1S/C10H19NO2/c1-7-4-9(2,3)6-10(7,11)5-8(12)13/h7H,4-6,11H2,1-3H3,(H,12,13). The topological polar surface area (TPSA) is 63.3 Å². The maximum atomic E-state index is 10.6. The summed E-state index contributed by atoms with van der Waals surface area (Å²) in [5.41, 5.74) is 5.81. The summed E-state index contributed by atoms with van der Waals surface area (Å²) in [5.74, 6) is -0.481. The maximum Gasteiger partial charge on any atom is 0.305 e. The van der Waals surface area contributed by atoms with Crippen molar-refractivity contribution in [2.45, 2.75) is 45.6 Å². The smallest absolute Gasteiger partial charge is 0.305 e. The summed E-state index contributed by atoms with van der Waals surface area (Å²) in [7, 11) is 0. The van der Waals surface area contributed by atoms with Crippen molar-refractivity contribution in [3.05, 3.63) is 0 Å². The second-order valence-corrected chi connectivity index (χ2v) is 5.25. The van der Waals surface area contributed by atoms with E-state index in [1.807, 2.05) is 0 Å². The highest BCUT2D eigenvalue weighted by Crippen LogP contribution is 2.47. The van der Waals surface area contributed by atoms with Gasteiger partial charge in [-0.3, -0.25) is 4.79 Å². The fourth-order valence-electron chi connectivity index (χ4n) is 2.69. The molecule has 1 fully saturated rings. The van der Waals surface area contributed by atoms with Crippen molar-refractivity contribution in [3.63, 3.8) is 0 Å². The number of rotatable bonds is 2. The summed E-state index contributed by atoms with van der Waals surface area (Å²) in [6.45, 7) is 6.36. The highest BCUT2D eigenvalue weighted by atomic mass is 16.4. The van der Waals surface area contributed by atoms with E-state index >= 15 is 0 Å². The minimum Gasteiger partial charge on any atom is -0.481 e. The molecule has 3 heteroatoms. The predicted octanol–water partition coefficient (Wildman–Crippen LogP) is 1.61. The van der Waals surface area contributed by atoms with Crippen molar-refractivity contribution in [2.75, 3.05) is 0 Å². The van der Waals surface area contributed by atoms with Crippen LogP contribution in [0.25, 0.3) is 0 Å². The molecule has 0 aliphatic heterocycles. The second kappa shape index (κ2) is 2.98. The van der Waals surface area contributed by atoms with Gasteiger partial charge in [0.1, 0.15) is 0 Å². The minimum absolute atomic E-state index is 0.0948. The van der Waals surface area contributed by atoms with Gasteiger partial charge in [-0.1, -0.05) is 20.8 Å². The molecule has 2 unspecified atom stereocenters. The van der Waals surface area contributed by atoms with E-state index in [9.17, 15) is 4.79 Å². The molecule has 1 aliphatic carbocycles. The molecular weight excluding hydrogens is 166 g/mol. The summed E-state index contributed by atoms with van der Waals surface area (Å²) in [6.07, 6.45) is 1.93. The van der Waals surface area contributed by atoms with Crippen molar-refractivity contribution < 1.29 is 9.90 Å². The number of nitrogens with two attached hydrogens (primary N) is 1. The van der Waals surface area contributed by atoms with Gasteiger partial charge in [-0.15, -0.1) is 0 Å². The largest absolute Gasteiger partial charge is 0.481 e. The van der Waals surface area contributed by atoms with Gasteiger partial charge in [0.15, 0.2) is 0 Å². The molecule has 1 saturated carbocycles. The summed E-state index contributed by atoms with van der Waals surface area (Å²) >= 11 is 0. The SMILES string of the molecule is CC1CC(C)(C)CC1(N)CC(=O)O. The maximum absolute atomic E-state index is 10.6. The van der Waals surface area contributed by atoms with Gasteiger partial charge in [0.25, 0.3) is 0 Å². The third kappa shape index (κ3) is 2.21. The van der Waals surface area contributed by atoms with Crippen LogP contribution < -0.4 is 5.73 Å².